The molecule has 1 heterocycles. The topological polar surface area (TPSA) is 43.0 Å². The average Bonchev–Trinajstić information content (AvgIpc) is 3.77. The van der Waals surface area contributed by atoms with Crippen molar-refractivity contribution >= 4 is 27.2 Å². The molecule has 4 nitrogen and oxygen atoms in total. The summed E-state index contributed by atoms with van der Waals surface area (Å²) in [5.41, 5.74) is 19.3. The van der Waals surface area contributed by atoms with Crippen LogP contribution >= 0.6 is 0 Å². The summed E-state index contributed by atoms with van der Waals surface area (Å²) < 4.78 is 0. The lowest BCUT2D eigenvalue weighted by atomic mass is 9.90. The van der Waals surface area contributed by atoms with Gasteiger partial charge in [-0.15, -0.1) is 0 Å². The van der Waals surface area contributed by atoms with E-state index < -0.39 is 0 Å². The number of aromatic nitrogens is 3. The van der Waals surface area contributed by atoms with Gasteiger partial charge in [-0.3, -0.25) is 0 Å². The van der Waals surface area contributed by atoms with Crippen LogP contribution in [0, 0.1) is 6.57 Å². The second kappa shape index (κ2) is 16.9. The molecule has 0 spiro atoms. The fourth-order valence-corrected chi connectivity index (χ4v) is 10.3. The van der Waals surface area contributed by atoms with Crippen LogP contribution in [0.25, 0.3) is 138 Å². The van der Waals surface area contributed by atoms with Crippen molar-refractivity contribution in [2.45, 2.75) is 0 Å². The van der Waals surface area contributed by atoms with Gasteiger partial charge in [-0.1, -0.05) is 218 Å². The third kappa shape index (κ3) is 7.13. The van der Waals surface area contributed by atoms with Gasteiger partial charge in [-0.2, -0.15) is 0 Å². The van der Waals surface area contributed by atoms with Gasteiger partial charge in [0.15, 0.2) is 23.2 Å². The lowest BCUT2D eigenvalue weighted by molar-refractivity contribution is 1.07. The molecule has 0 fully saturated rings. The van der Waals surface area contributed by atoms with Crippen molar-refractivity contribution in [3.8, 4) is 112 Å². The van der Waals surface area contributed by atoms with Crippen LogP contribution in [0.15, 0.2) is 243 Å². The van der Waals surface area contributed by atoms with Crippen LogP contribution < -0.4 is 0 Å². The standard InChI is InChI=1S/C66H40N4/c1-67-52-35-37-54(61(41-52)51-23-10-21-48(39-51)49-34-36-57-58-28-12-18-44-19-13-29-59(63(44)58)62(57)40-49)50-22-9-20-47(38-50)42-30-32-46(33-31-42)65-68-64(45-15-3-2-4-16-45)69-66(70-65)60-26-8-7-25-56(60)55-27-11-17-43-14-5-6-24-53(43)55/h2-41H. The molecule has 324 valence electrons. The molecule has 0 saturated carbocycles. The Kier molecular flexibility index (Phi) is 9.85. The summed E-state index contributed by atoms with van der Waals surface area (Å²) in [7, 11) is 0. The predicted molar refractivity (Wildman–Crippen MR) is 289 cm³/mol. The molecular weight excluding hydrogens is 849 g/mol. The van der Waals surface area contributed by atoms with Gasteiger partial charge in [-0.05, 0) is 124 Å². The van der Waals surface area contributed by atoms with Crippen molar-refractivity contribution in [2.75, 3.05) is 0 Å². The van der Waals surface area contributed by atoms with Gasteiger partial charge in [0, 0.05) is 16.7 Å². The first-order chi connectivity index (χ1) is 34.6. The van der Waals surface area contributed by atoms with Crippen LogP contribution in [0.4, 0.5) is 5.69 Å². The fourth-order valence-electron chi connectivity index (χ4n) is 10.3. The molecule has 4 heteroatoms. The Morgan fingerprint density at radius 1 is 0.257 bits per heavy atom. The second-order valence-electron chi connectivity index (χ2n) is 17.8. The smallest absolute Gasteiger partial charge is 0.187 e. The van der Waals surface area contributed by atoms with Gasteiger partial charge in [0.2, 0.25) is 0 Å². The first-order valence-corrected chi connectivity index (χ1v) is 23.5. The minimum Gasteiger partial charge on any atom is -0.238 e. The van der Waals surface area contributed by atoms with Crippen LogP contribution in [-0.4, -0.2) is 15.0 Å². The van der Waals surface area contributed by atoms with Crippen LogP contribution in [-0.2, 0) is 0 Å². The molecule has 0 saturated heterocycles. The molecule has 13 rings (SSSR count). The number of hydrogen-bond donors (Lipinski definition) is 0. The van der Waals surface area contributed by atoms with E-state index in [0.717, 1.165) is 72.3 Å². The van der Waals surface area contributed by atoms with E-state index in [1.165, 1.54) is 43.8 Å². The largest absolute Gasteiger partial charge is 0.238 e. The highest BCUT2D eigenvalue weighted by molar-refractivity contribution is 6.15. The monoisotopic (exact) mass is 888 g/mol. The van der Waals surface area contributed by atoms with E-state index >= 15 is 0 Å². The molecule has 0 radical (unpaired) electrons. The Balaban J connectivity index is 0.847. The van der Waals surface area contributed by atoms with Gasteiger partial charge in [0.1, 0.15) is 0 Å². The maximum absolute atomic E-state index is 7.95. The molecule has 12 aromatic rings. The van der Waals surface area contributed by atoms with Crippen molar-refractivity contribution in [1.29, 1.82) is 0 Å². The van der Waals surface area contributed by atoms with E-state index in [2.05, 4.69) is 199 Å². The zero-order valence-electron chi connectivity index (χ0n) is 37.9. The van der Waals surface area contributed by atoms with Crippen molar-refractivity contribution in [3.05, 3.63) is 254 Å². The number of hydrogen-bond acceptors (Lipinski definition) is 3. The zero-order valence-corrected chi connectivity index (χ0v) is 37.9. The molecule has 0 aliphatic heterocycles. The zero-order chi connectivity index (χ0) is 46.5. The highest BCUT2D eigenvalue weighted by Crippen LogP contribution is 2.49. The third-order valence-corrected chi connectivity index (χ3v) is 13.7. The summed E-state index contributed by atoms with van der Waals surface area (Å²) in [6.07, 6.45) is 0. The summed E-state index contributed by atoms with van der Waals surface area (Å²) in [4.78, 5) is 19.2. The minimum absolute atomic E-state index is 0.603. The summed E-state index contributed by atoms with van der Waals surface area (Å²) in [5.74, 6) is 1.84. The van der Waals surface area contributed by atoms with Gasteiger partial charge < -0.3 is 0 Å². The van der Waals surface area contributed by atoms with E-state index in [1.54, 1.807) is 0 Å². The van der Waals surface area contributed by atoms with Crippen LogP contribution in [0.3, 0.4) is 0 Å². The summed E-state index contributed by atoms with van der Waals surface area (Å²) >= 11 is 0. The molecule has 11 aromatic carbocycles. The first kappa shape index (κ1) is 40.7. The SMILES string of the molecule is [C-]#[N+]c1ccc(-c2cccc(-c3ccc(-c4nc(-c5ccccc5)nc(-c5ccccc5-c5cccc6ccccc56)n4)cc3)c2)c(-c2cccc(-c3ccc4c(c3)-c3cccc5cccc-4c35)c2)c1. The summed E-state index contributed by atoms with van der Waals surface area (Å²) in [6.45, 7) is 7.95. The van der Waals surface area contributed by atoms with Crippen molar-refractivity contribution in [1.82, 2.24) is 15.0 Å². The van der Waals surface area contributed by atoms with Crippen LogP contribution in [0.5, 0.6) is 0 Å². The quantitative estimate of drug-likeness (QED) is 0.143. The normalized spacial score (nSPS) is 11.4. The maximum atomic E-state index is 7.95. The van der Waals surface area contributed by atoms with Crippen molar-refractivity contribution in [3.63, 3.8) is 0 Å². The Bertz CT molecular complexity index is 4060. The van der Waals surface area contributed by atoms with Gasteiger partial charge in [0.05, 0.1) is 6.57 Å². The highest BCUT2D eigenvalue weighted by Gasteiger charge is 2.22. The van der Waals surface area contributed by atoms with E-state index in [0.29, 0.717) is 23.2 Å². The Morgan fingerprint density at radius 2 is 0.729 bits per heavy atom. The fraction of sp³-hybridized carbons (Fsp3) is 0. The number of nitrogens with zero attached hydrogens (tertiary/aromatic N) is 4. The molecule has 0 N–H and O–H groups in total. The van der Waals surface area contributed by atoms with Crippen LogP contribution in [0.2, 0.25) is 0 Å². The highest BCUT2D eigenvalue weighted by atomic mass is 15.0. The summed E-state index contributed by atoms with van der Waals surface area (Å²) in [6, 6.07) is 85.3. The van der Waals surface area contributed by atoms with Gasteiger partial charge in [0.25, 0.3) is 0 Å². The van der Waals surface area contributed by atoms with E-state index in [9.17, 15) is 0 Å². The molecule has 70 heavy (non-hydrogen) atoms. The lowest BCUT2D eigenvalue weighted by Crippen LogP contribution is -2.01. The van der Waals surface area contributed by atoms with Crippen molar-refractivity contribution < 1.29 is 0 Å². The number of fused-ring (bicyclic) bond motifs is 4. The molecule has 1 aliphatic rings. The number of rotatable bonds is 8. The molecule has 1 aromatic heterocycles. The molecule has 0 bridgehead atoms. The van der Waals surface area contributed by atoms with E-state index in [4.69, 9.17) is 21.5 Å². The average molecular weight is 889 g/mol. The third-order valence-electron chi connectivity index (χ3n) is 13.7. The second-order valence-corrected chi connectivity index (χ2v) is 17.8. The molecule has 0 atom stereocenters. The molecule has 0 unspecified atom stereocenters. The number of benzene rings is 11. The summed E-state index contributed by atoms with van der Waals surface area (Å²) in [5, 5.41) is 4.96. The Hall–Kier alpha value is -9.56. The first-order valence-electron chi connectivity index (χ1n) is 23.5. The maximum Gasteiger partial charge on any atom is 0.187 e. The molecular formula is C66H40N4. The Morgan fingerprint density at radius 3 is 1.49 bits per heavy atom. The minimum atomic E-state index is 0.603. The van der Waals surface area contributed by atoms with Crippen LogP contribution in [0.1, 0.15) is 0 Å². The van der Waals surface area contributed by atoms with Gasteiger partial charge >= 0.3 is 0 Å². The Labute approximate surface area is 406 Å². The van der Waals surface area contributed by atoms with Gasteiger partial charge in [-0.25, -0.2) is 19.8 Å². The molecule has 0 amide bonds. The molecule has 1 aliphatic carbocycles. The van der Waals surface area contributed by atoms with E-state index in [-0.39, 0.29) is 0 Å². The lowest BCUT2D eigenvalue weighted by Gasteiger charge is -2.15. The predicted octanol–water partition coefficient (Wildman–Crippen LogP) is 17.7. The van der Waals surface area contributed by atoms with E-state index in [1.807, 2.05) is 48.5 Å². The van der Waals surface area contributed by atoms with Crippen molar-refractivity contribution in [2.24, 2.45) is 0 Å².